The van der Waals surface area contributed by atoms with Gasteiger partial charge in [0.1, 0.15) is 17.6 Å². The highest BCUT2D eigenvalue weighted by molar-refractivity contribution is 7.99. The molecule has 136 valence electrons. The first-order chi connectivity index (χ1) is 13.2. The molecule has 1 N–H and O–H groups in total. The lowest BCUT2D eigenvalue weighted by Gasteiger charge is -2.07. The summed E-state index contributed by atoms with van der Waals surface area (Å²) in [6, 6.07) is 17.3. The Morgan fingerprint density at radius 2 is 1.89 bits per heavy atom. The zero-order chi connectivity index (χ0) is 18.6. The van der Waals surface area contributed by atoms with Crippen LogP contribution < -0.4 is 10.9 Å². The van der Waals surface area contributed by atoms with Crippen LogP contribution in [-0.2, 0) is 11.3 Å². The molecule has 0 atom stereocenters. The maximum absolute atomic E-state index is 12.6. The van der Waals surface area contributed by atoms with E-state index in [1.54, 1.807) is 17.8 Å². The number of furan rings is 1. The van der Waals surface area contributed by atoms with Crippen LogP contribution in [0.1, 0.15) is 0 Å². The van der Waals surface area contributed by atoms with Gasteiger partial charge in [-0.1, -0.05) is 30.3 Å². The minimum Gasteiger partial charge on any atom is -0.448 e. The number of amides is 1. The summed E-state index contributed by atoms with van der Waals surface area (Å²) in [6.45, 7) is 0.433. The molecule has 0 fully saturated rings. The molecule has 0 aliphatic rings. The summed E-state index contributed by atoms with van der Waals surface area (Å²) < 4.78 is 6.89. The van der Waals surface area contributed by atoms with E-state index in [0.717, 1.165) is 16.0 Å². The third kappa shape index (κ3) is 3.73. The highest BCUT2D eigenvalue weighted by Gasteiger charge is 2.14. The third-order valence-corrected chi connectivity index (χ3v) is 5.11. The maximum atomic E-state index is 12.6. The lowest BCUT2D eigenvalue weighted by Crippen LogP contribution is -2.33. The number of thioether (sulfide) groups is 1. The van der Waals surface area contributed by atoms with Crippen molar-refractivity contribution in [3.05, 3.63) is 71.3 Å². The van der Waals surface area contributed by atoms with E-state index in [9.17, 15) is 9.59 Å². The lowest BCUT2D eigenvalue weighted by atomic mass is 10.2. The Hall–Kier alpha value is -3.06. The van der Waals surface area contributed by atoms with E-state index in [4.69, 9.17) is 4.42 Å². The number of carbonyl (C=O) groups is 1. The van der Waals surface area contributed by atoms with Gasteiger partial charge < -0.3 is 9.73 Å². The summed E-state index contributed by atoms with van der Waals surface area (Å²) in [5, 5.41) is 3.62. The second-order valence-corrected chi connectivity index (χ2v) is 7.13. The Morgan fingerprint density at radius 3 is 2.74 bits per heavy atom. The fourth-order valence-electron chi connectivity index (χ4n) is 2.81. The second-order valence-electron chi connectivity index (χ2n) is 5.97. The largest absolute Gasteiger partial charge is 0.448 e. The van der Waals surface area contributed by atoms with E-state index < -0.39 is 0 Å². The van der Waals surface area contributed by atoms with E-state index in [1.807, 2.05) is 48.5 Å². The molecule has 2 aromatic carbocycles. The average molecular weight is 379 g/mol. The number of fused-ring (bicyclic) bond motifs is 3. The van der Waals surface area contributed by atoms with Crippen LogP contribution in [0.3, 0.4) is 0 Å². The fraction of sp³-hybridized carbons (Fsp3) is 0.150. The minimum absolute atomic E-state index is 0.0885. The van der Waals surface area contributed by atoms with Crippen molar-refractivity contribution in [2.45, 2.75) is 11.4 Å². The third-order valence-electron chi connectivity index (χ3n) is 4.10. The number of hydrogen-bond donors (Lipinski definition) is 1. The van der Waals surface area contributed by atoms with Gasteiger partial charge in [0.25, 0.3) is 5.56 Å². The molecule has 0 aliphatic heterocycles. The Kier molecular flexibility index (Phi) is 4.93. The fourth-order valence-corrected chi connectivity index (χ4v) is 3.60. The van der Waals surface area contributed by atoms with Gasteiger partial charge in [0.15, 0.2) is 0 Å². The van der Waals surface area contributed by atoms with Crippen LogP contribution in [0.15, 0.2) is 75.0 Å². The first-order valence-electron chi connectivity index (χ1n) is 8.53. The molecule has 0 bridgehead atoms. The van der Waals surface area contributed by atoms with Crippen molar-refractivity contribution in [3.63, 3.8) is 0 Å². The van der Waals surface area contributed by atoms with Gasteiger partial charge in [-0.2, -0.15) is 0 Å². The quantitative estimate of drug-likeness (QED) is 0.412. The number of carbonyl (C=O) groups excluding carboxylic acids is 1. The molecule has 7 heteroatoms. The normalized spacial score (nSPS) is 11.1. The van der Waals surface area contributed by atoms with Crippen LogP contribution in [0.25, 0.3) is 22.1 Å². The summed E-state index contributed by atoms with van der Waals surface area (Å²) >= 11 is 1.67. The lowest BCUT2D eigenvalue weighted by molar-refractivity contribution is -0.121. The standard InChI is InChI=1S/C20H17N3O3S/c24-17(21-10-11-27-14-6-2-1-3-7-14)12-23-13-22-18-15-8-4-5-9-16(15)26-19(18)20(23)25/h1-9,13H,10-12H2,(H,21,24). The Labute approximate surface area is 159 Å². The number of nitrogens with one attached hydrogen (secondary N) is 1. The zero-order valence-electron chi connectivity index (χ0n) is 14.4. The molecule has 6 nitrogen and oxygen atoms in total. The molecule has 0 saturated carbocycles. The number of para-hydroxylation sites is 1. The SMILES string of the molecule is O=C(Cn1cnc2c(oc3ccccc32)c1=O)NCCSc1ccccc1. The molecule has 0 unspecified atom stereocenters. The van der Waals surface area contributed by atoms with E-state index in [0.29, 0.717) is 17.6 Å². The number of aromatic nitrogens is 2. The van der Waals surface area contributed by atoms with Crippen molar-refractivity contribution in [2.24, 2.45) is 0 Å². The average Bonchev–Trinajstić information content (AvgIpc) is 3.08. The van der Waals surface area contributed by atoms with Crippen molar-refractivity contribution in [3.8, 4) is 0 Å². The van der Waals surface area contributed by atoms with Crippen molar-refractivity contribution < 1.29 is 9.21 Å². The molecule has 4 rings (SSSR count). The monoisotopic (exact) mass is 379 g/mol. The van der Waals surface area contributed by atoms with Crippen molar-refractivity contribution in [1.82, 2.24) is 14.9 Å². The minimum atomic E-state index is -0.356. The Bertz CT molecular complexity index is 1150. The molecule has 2 aromatic heterocycles. The molecule has 1 amide bonds. The van der Waals surface area contributed by atoms with Gasteiger partial charge in [-0.05, 0) is 24.3 Å². The van der Waals surface area contributed by atoms with E-state index in [1.165, 1.54) is 10.9 Å². The summed E-state index contributed by atoms with van der Waals surface area (Å²) in [5.74, 6) is 0.522. The van der Waals surface area contributed by atoms with Gasteiger partial charge in [0.2, 0.25) is 11.5 Å². The number of hydrogen-bond acceptors (Lipinski definition) is 5. The first kappa shape index (κ1) is 17.4. The summed E-state index contributed by atoms with van der Waals surface area (Å²) in [4.78, 5) is 30.2. The predicted octanol–water partition coefficient (Wildman–Crippen LogP) is 3.05. The van der Waals surface area contributed by atoms with Gasteiger partial charge in [0, 0.05) is 22.6 Å². The first-order valence-corrected chi connectivity index (χ1v) is 9.52. The second kappa shape index (κ2) is 7.67. The number of benzene rings is 2. The highest BCUT2D eigenvalue weighted by atomic mass is 32.2. The van der Waals surface area contributed by atoms with Crippen LogP contribution in [0.4, 0.5) is 0 Å². The van der Waals surface area contributed by atoms with Gasteiger partial charge in [-0.25, -0.2) is 4.98 Å². The van der Waals surface area contributed by atoms with Crippen LogP contribution in [-0.4, -0.2) is 27.8 Å². The molecule has 0 aliphatic carbocycles. The van der Waals surface area contributed by atoms with Gasteiger partial charge in [-0.3, -0.25) is 14.2 Å². The predicted molar refractivity (Wildman–Crippen MR) is 106 cm³/mol. The van der Waals surface area contributed by atoms with Crippen molar-refractivity contribution >= 4 is 39.7 Å². The van der Waals surface area contributed by atoms with Crippen LogP contribution in [0.2, 0.25) is 0 Å². The molecule has 27 heavy (non-hydrogen) atoms. The number of nitrogens with zero attached hydrogens (tertiary/aromatic N) is 2. The maximum Gasteiger partial charge on any atom is 0.297 e. The van der Waals surface area contributed by atoms with Gasteiger partial charge in [-0.15, -0.1) is 11.8 Å². The van der Waals surface area contributed by atoms with Crippen LogP contribution >= 0.6 is 11.8 Å². The smallest absolute Gasteiger partial charge is 0.297 e. The molecule has 0 saturated heterocycles. The van der Waals surface area contributed by atoms with Crippen molar-refractivity contribution in [2.75, 3.05) is 12.3 Å². The van der Waals surface area contributed by atoms with Gasteiger partial charge >= 0.3 is 0 Å². The highest BCUT2D eigenvalue weighted by Crippen LogP contribution is 2.24. The molecule has 0 spiro atoms. The van der Waals surface area contributed by atoms with E-state index >= 15 is 0 Å². The molecular formula is C20H17N3O3S. The van der Waals surface area contributed by atoms with Crippen molar-refractivity contribution in [1.29, 1.82) is 0 Å². The van der Waals surface area contributed by atoms with E-state index in [2.05, 4.69) is 10.3 Å². The van der Waals surface area contributed by atoms with Gasteiger partial charge in [0.05, 0.1) is 6.33 Å². The molecule has 2 heterocycles. The summed E-state index contributed by atoms with van der Waals surface area (Å²) in [6.07, 6.45) is 1.39. The number of rotatable bonds is 6. The topological polar surface area (TPSA) is 77.1 Å². The summed E-state index contributed by atoms with van der Waals surface area (Å²) in [5.41, 5.74) is 0.944. The molecular weight excluding hydrogens is 362 g/mol. The van der Waals surface area contributed by atoms with E-state index in [-0.39, 0.29) is 23.6 Å². The molecule has 0 radical (unpaired) electrons. The Balaban J connectivity index is 1.40. The van der Waals surface area contributed by atoms with Crippen LogP contribution in [0, 0.1) is 0 Å². The molecule has 4 aromatic rings. The van der Waals surface area contributed by atoms with Crippen LogP contribution in [0.5, 0.6) is 0 Å². The summed E-state index contributed by atoms with van der Waals surface area (Å²) in [7, 11) is 0. The Morgan fingerprint density at radius 1 is 1.11 bits per heavy atom. The zero-order valence-corrected chi connectivity index (χ0v) is 15.2.